The minimum atomic E-state index is -0.458. The fraction of sp³-hybridized carbons (Fsp3) is 0.421. The number of carbonyl (C=O) groups excluding carboxylic acids is 2. The molecule has 0 saturated carbocycles. The highest BCUT2D eigenvalue weighted by atomic mass is 32.2. The summed E-state index contributed by atoms with van der Waals surface area (Å²) in [5.74, 6) is 0.911. The molecule has 0 aromatic carbocycles. The second-order valence-corrected chi connectivity index (χ2v) is 7.83. The fourth-order valence-electron chi connectivity index (χ4n) is 3.25. The van der Waals surface area contributed by atoms with Crippen molar-refractivity contribution >= 4 is 28.6 Å². The lowest BCUT2D eigenvalue weighted by Crippen LogP contribution is -2.33. The predicted octanol–water partition coefficient (Wildman–Crippen LogP) is 2.32. The summed E-state index contributed by atoms with van der Waals surface area (Å²) in [6.45, 7) is 2.94. The normalized spacial score (nSPS) is 22.7. The van der Waals surface area contributed by atoms with Crippen LogP contribution in [0, 0.1) is 12.8 Å². The molecule has 2 unspecified atom stereocenters. The number of carbonyl (C=O) groups is 2. The summed E-state index contributed by atoms with van der Waals surface area (Å²) >= 11 is 1.27. The number of Topliss-reactive ketones (excluding diaryl/α,β-unsaturated/α-hetero) is 1. The summed E-state index contributed by atoms with van der Waals surface area (Å²) in [5, 5.41) is 2.74. The summed E-state index contributed by atoms with van der Waals surface area (Å²) < 4.78 is 10.9. The number of nitrogens with one attached hydrogen (secondary N) is 1. The van der Waals surface area contributed by atoms with Gasteiger partial charge in [-0.3, -0.25) is 9.59 Å². The average Bonchev–Trinajstić information content (AvgIpc) is 3.38. The van der Waals surface area contributed by atoms with E-state index in [-0.39, 0.29) is 17.6 Å². The van der Waals surface area contributed by atoms with Gasteiger partial charge in [-0.25, -0.2) is 15.0 Å². The number of amides is 1. The summed E-state index contributed by atoms with van der Waals surface area (Å²) in [5.41, 5.74) is 0.336. The first-order chi connectivity index (χ1) is 13.6. The first kappa shape index (κ1) is 18.8. The minimum absolute atomic E-state index is 0.0561. The molecular weight excluding hydrogens is 380 g/mol. The summed E-state index contributed by atoms with van der Waals surface area (Å²) in [6, 6.07) is 3.11. The molecule has 2 atom stereocenters. The number of hydrogen-bond donors (Lipinski definition) is 1. The van der Waals surface area contributed by atoms with Crippen molar-refractivity contribution in [2.75, 3.05) is 13.2 Å². The third kappa shape index (κ3) is 4.00. The Balaban J connectivity index is 1.52. The zero-order valence-corrected chi connectivity index (χ0v) is 16.1. The summed E-state index contributed by atoms with van der Waals surface area (Å²) in [4.78, 5) is 38.2. The second-order valence-electron chi connectivity index (χ2n) is 6.70. The molecule has 1 N–H and O–H groups in total. The van der Waals surface area contributed by atoms with Crippen molar-refractivity contribution in [1.29, 1.82) is 0 Å². The Bertz CT molecular complexity index is 876. The molecule has 1 fully saturated rings. The summed E-state index contributed by atoms with van der Waals surface area (Å²) in [7, 11) is 0. The molecule has 2 aromatic rings. The lowest BCUT2D eigenvalue weighted by Gasteiger charge is -2.24. The molecule has 0 spiro atoms. The number of furan rings is 1. The van der Waals surface area contributed by atoms with E-state index < -0.39 is 11.3 Å². The second kappa shape index (κ2) is 8.24. The van der Waals surface area contributed by atoms with Crippen molar-refractivity contribution in [2.45, 2.75) is 31.1 Å². The smallest absolute Gasteiger partial charge is 0.260 e. The number of rotatable bonds is 4. The Morgan fingerprint density at radius 1 is 1.21 bits per heavy atom. The van der Waals surface area contributed by atoms with Crippen molar-refractivity contribution in [3.63, 3.8) is 0 Å². The first-order valence-electron chi connectivity index (χ1n) is 9.11. The van der Waals surface area contributed by atoms with Gasteiger partial charge in [0.05, 0.1) is 11.8 Å². The largest absolute Gasteiger partial charge is 0.467 e. The lowest BCUT2D eigenvalue weighted by atomic mass is 9.90. The van der Waals surface area contributed by atoms with E-state index in [0.717, 1.165) is 0 Å². The van der Waals surface area contributed by atoms with Gasteiger partial charge in [0, 0.05) is 31.5 Å². The highest BCUT2D eigenvalue weighted by Gasteiger charge is 2.41. The molecule has 2 aromatic heterocycles. The van der Waals surface area contributed by atoms with Crippen molar-refractivity contribution < 1.29 is 18.7 Å². The average molecular weight is 400 g/mol. The number of ether oxygens (including phenoxy) is 1. The maximum atomic E-state index is 13.1. The lowest BCUT2D eigenvalue weighted by molar-refractivity contribution is -0.125. The van der Waals surface area contributed by atoms with Crippen LogP contribution in [-0.4, -0.2) is 45.3 Å². The number of aryl methyl sites for hydroxylation is 1. The van der Waals surface area contributed by atoms with Crippen molar-refractivity contribution in [1.82, 2.24) is 15.3 Å². The van der Waals surface area contributed by atoms with E-state index in [1.165, 1.54) is 24.2 Å². The zero-order valence-electron chi connectivity index (χ0n) is 15.3. The van der Waals surface area contributed by atoms with Crippen LogP contribution in [0.2, 0.25) is 0 Å². The molecule has 1 saturated heterocycles. The molecular formula is C19H20N4O4S. The third-order valence-corrected chi connectivity index (χ3v) is 5.96. The Hall–Kier alpha value is -2.52. The van der Waals surface area contributed by atoms with Crippen LogP contribution < -0.4 is 5.32 Å². The molecule has 4 heterocycles. The van der Waals surface area contributed by atoms with Crippen LogP contribution in [0.3, 0.4) is 0 Å². The first-order valence-corrected chi connectivity index (χ1v) is 9.99. The highest BCUT2D eigenvalue weighted by molar-refractivity contribution is 8.15. The molecule has 8 nitrogen and oxygen atoms in total. The Labute approximate surface area is 166 Å². The van der Waals surface area contributed by atoms with E-state index in [0.29, 0.717) is 48.4 Å². The van der Waals surface area contributed by atoms with Gasteiger partial charge in [-0.05, 0) is 31.9 Å². The topological polar surface area (TPSA) is 107 Å². The fourth-order valence-corrected chi connectivity index (χ4v) is 4.45. The minimum Gasteiger partial charge on any atom is -0.467 e. The van der Waals surface area contributed by atoms with Crippen LogP contribution in [-0.2, 0) is 9.53 Å². The molecule has 0 bridgehead atoms. The third-order valence-electron chi connectivity index (χ3n) is 4.78. The van der Waals surface area contributed by atoms with Gasteiger partial charge in [0.1, 0.15) is 22.9 Å². The number of amidine groups is 1. The van der Waals surface area contributed by atoms with E-state index in [1.54, 1.807) is 25.3 Å². The van der Waals surface area contributed by atoms with Crippen molar-refractivity contribution in [3.8, 4) is 0 Å². The van der Waals surface area contributed by atoms with Gasteiger partial charge in [-0.2, -0.15) is 0 Å². The number of ketones is 1. The Kier molecular flexibility index (Phi) is 5.54. The van der Waals surface area contributed by atoms with Gasteiger partial charge in [0.2, 0.25) is 0 Å². The van der Waals surface area contributed by atoms with E-state index in [4.69, 9.17) is 9.15 Å². The van der Waals surface area contributed by atoms with Gasteiger partial charge >= 0.3 is 0 Å². The van der Waals surface area contributed by atoms with Crippen molar-refractivity contribution in [2.24, 2.45) is 10.9 Å². The Morgan fingerprint density at radius 3 is 2.64 bits per heavy atom. The maximum Gasteiger partial charge on any atom is 0.260 e. The standard InChI is InChI=1S/C19H20N4O4S/c1-11-20-9-13(10-21-11)18(25)23-19-22-15(14-3-2-6-27-14)17(28-19)16(24)12-4-7-26-8-5-12/h2-3,6,9-10,12,15,17H,4-5,7-8H2,1H3,(H,22,23,25). The van der Waals surface area contributed by atoms with Crippen LogP contribution in [0.1, 0.15) is 40.8 Å². The monoisotopic (exact) mass is 400 g/mol. The predicted molar refractivity (Wildman–Crippen MR) is 103 cm³/mol. The Morgan fingerprint density at radius 2 is 1.96 bits per heavy atom. The summed E-state index contributed by atoms with van der Waals surface area (Å²) in [6.07, 6.45) is 5.91. The van der Waals surface area contributed by atoms with Crippen LogP contribution in [0.25, 0.3) is 0 Å². The molecule has 146 valence electrons. The maximum absolute atomic E-state index is 13.1. The van der Waals surface area contributed by atoms with Crippen molar-refractivity contribution in [3.05, 3.63) is 47.9 Å². The molecule has 4 rings (SSSR count). The molecule has 2 aliphatic rings. The van der Waals surface area contributed by atoms with Gasteiger partial charge in [-0.15, -0.1) is 0 Å². The van der Waals surface area contributed by atoms with E-state index in [9.17, 15) is 9.59 Å². The number of thioether (sulfide) groups is 1. The van der Waals surface area contributed by atoms with Gasteiger partial charge in [-0.1, -0.05) is 11.8 Å². The quantitative estimate of drug-likeness (QED) is 0.839. The van der Waals surface area contributed by atoms with E-state index >= 15 is 0 Å². The number of aliphatic imine (C=N–C) groups is 1. The van der Waals surface area contributed by atoms with E-state index in [1.807, 2.05) is 0 Å². The van der Waals surface area contributed by atoms with Gasteiger partial charge in [0.25, 0.3) is 5.91 Å². The molecule has 0 aliphatic carbocycles. The SMILES string of the molecule is Cc1ncc(C(=O)NC2=NC(c3ccco3)C(C(=O)C3CCOCC3)S2)cn1. The molecule has 1 amide bonds. The molecule has 28 heavy (non-hydrogen) atoms. The van der Waals surface area contributed by atoms with E-state index in [2.05, 4.69) is 20.3 Å². The number of nitrogens with zero attached hydrogens (tertiary/aromatic N) is 3. The van der Waals surface area contributed by atoms with Crippen LogP contribution in [0.15, 0.2) is 40.2 Å². The van der Waals surface area contributed by atoms with Gasteiger partial charge < -0.3 is 14.5 Å². The van der Waals surface area contributed by atoms with Crippen LogP contribution in [0.4, 0.5) is 0 Å². The number of aromatic nitrogens is 2. The number of hydrogen-bond acceptors (Lipinski definition) is 8. The molecule has 9 heteroatoms. The molecule has 2 aliphatic heterocycles. The van der Waals surface area contributed by atoms with Crippen LogP contribution in [0.5, 0.6) is 0 Å². The van der Waals surface area contributed by atoms with Gasteiger partial charge in [0.15, 0.2) is 11.0 Å². The highest BCUT2D eigenvalue weighted by Crippen LogP contribution is 2.40. The molecule has 0 radical (unpaired) electrons. The van der Waals surface area contributed by atoms with Crippen LogP contribution >= 0.6 is 11.8 Å². The zero-order chi connectivity index (χ0) is 19.5.